The quantitative estimate of drug-likeness (QED) is 0.203. The molecule has 0 saturated carbocycles. The Kier molecular flexibility index (Phi) is 9.10. The summed E-state index contributed by atoms with van der Waals surface area (Å²) >= 11 is 0. The van der Waals surface area contributed by atoms with Crippen molar-refractivity contribution in [3.05, 3.63) is 65.7 Å². The van der Waals surface area contributed by atoms with Crippen LogP contribution >= 0.6 is 0 Å². The van der Waals surface area contributed by atoms with Gasteiger partial charge in [-0.2, -0.15) is 4.72 Å². The number of nitrogens with zero attached hydrogens (tertiary/aromatic N) is 2. The van der Waals surface area contributed by atoms with Crippen molar-refractivity contribution in [1.82, 2.24) is 9.62 Å². The molecule has 196 valence electrons. The first-order valence-corrected chi connectivity index (χ1v) is 13.7. The van der Waals surface area contributed by atoms with E-state index in [1.54, 1.807) is 17.0 Å². The number of likely N-dealkylation sites (tertiary alicyclic amines) is 1. The lowest BCUT2D eigenvalue weighted by Gasteiger charge is -2.29. The fraction of sp³-hybridized carbons (Fsp3) is 0.462. The van der Waals surface area contributed by atoms with E-state index in [9.17, 15) is 18.3 Å². The molecule has 0 radical (unpaired) electrons. The standard InChI is InChI=1S/C26H37N5O4S/c1-26(2,19-9-4-3-5-10-19)20-11-6-13-22(17-20)36(34,35)30-23(14-7-15-29-25(27)28)24(33)31-16-8-12-21(31)18-32/h3-6,9-11,13,17,21,23,30,32H,7-8,12,14-16,18H2,1-2H3,(H4,27,28,29)/t21-,23?/m0/s1. The first kappa shape index (κ1) is 27.6. The summed E-state index contributed by atoms with van der Waals surface area (Å²) in [5, 5.41) is 9.68. The fourth-order valence-electron chi connectivity index (χ4n) is 4.58. The number of aliphatic hydroxyl groups is 1. The van der Waals surface area contributed by atoms with E-state index in [0.29, 0.717) is 19.4 Å². The molecule has 1 saturated heterocycles. The highest BCUT2D eigenvalue weighted by Gasteiger charge is 2.35. The lowest BCUT2D eigenvalue weighted by Crippen LogP contribution is -2.50. The summed E-state index contributed by atoms with van der Waals surface area (Å²) in [7, 11) is -4.02. The summed E-state index contributed by atoms with van der Waals surface area (Å²) in [5.74, 6) is -0.406. The maximum absolute atomic E-state index is 13.5. The van der Waals surface area contributed by atoms with E-state index in [1.807, 2.05) is 50.2 Å². The van der Waals surface area contributed by atoms with Gasteiger partial charge in [0.1, 0.15) is 6.04 Å². The average Bonchev–Trinajstić information content (AvgIpc) is 3.35. The zero-order valence-corrected chi connectivity index (χ0v) is 21.7. The molecule has 36 heavy (non-hydrogen) atoms. The number of nitrogens with two attached hydrogens (primary N) is 2. The third kappa shape index (κ3) is 6.63. The molecule has 0 spiro atoms. The Labute approximate surface area is 213 Å². The minimum absolute atomic E-state index is 0.0591. The van der Waals surface area contributed by atoms with Crippen LogP contribution in [-0.2, 0) is 20.2 Å². The molecule has 2 aromatic carbocycles. The predicted molar refractivity (Wildman–Crippen MR) is 141 cm³/mol. The number of aliphatic hydroxyl groups excluding tert-OH is 1. The molecular formula is C26H37N5O4S. The third-order valence-corrected chi connectivity index (χ3v) is 8.24. The van der Waals surface area contributed by atoms with Gasteiger partial charge in [-0.25, -0.2) is 8.42 Å². The first-order valence-electron chi connectivity index (χ1n) is 12.2. The summed E-state index contributed by atoms with van der Waals surface area (Å²) in [6.07, 6.45) is 2.08. The van der Waals surface area contributed by atoms with Crippen molar-refractivity contribution in [2.45, 2.75) is 61.9 Å². The van der Waals surface area contributed by atoms with Gasteiger partial charge in [-0.3, -0.25) is 9.79 Å². The van der Waals surface area contributed by atoms with Gasteiger partial charge < -0.3 is 21.5 Å². The summed E-state index contributed by atoms with van der Waals surface area (Å²) in [5.41, 5.74) is 12.2. The smallest absolute Gasteiger partial charge is 0.241 e. The number of hydrogen-bond acceptors (Lipinski definition) is 5. The Morgan fingerprint density at radius 1 is 1.17 bits per heavy atom. The normalized spacial score (nSPS) is 17.1. The number of carbonyl (C=O) groups excluding carboxylic acids is 1. The second kappa shape index (κ2) is 11.9. The molecule has 1 unspecified atom stereocenters. The van der Waals surface area contributed by atoms with E-state index in [1.165, 1.54) is 6.07 Å². The van der Waals surface area contributed by atoms with E-state index in [-0.39, 0.29) is 42.4 Å². The van der Waals surface area contributed by atoms with Gasteiger partial charge in [0.25, 0.3) is 0 Å². The third-order valence-electron chi connectivity index (χ3n) is 6.77. The summed E-state index contributed by atoms with van der Waals surface area (Å²) in [6, 6.07) is 15.4. The SMILES string of the molecule is CC(C)(c1ccccc1)c1cccc(S(=O)(=O)NC(CCCN=C(N)N)C(=O)N2CCC[C@H]2CO)c1. The highest BCUT2D eigenvalue weighted by atomic mass is 32.2. The number of sulfonamides is 1. The molecule has 3 rings (SSSR count). The average molecular weight is 516 g/mol. The Hall–Kier alpha value is -2.95. The molecular weight excluding hydrogens is 478 g/mol. The van der Waals surface area contributed by atoms with Crippen LogP contribution in [0.25, 0.3) is 0 Å². The number of aliphatic imine (C=N–C) groups is 1. The maximum atomic E-state index is 13.5. The van der Waals surface area contributed by atoms with Gasteiger partial charge in [0.2, 0.25) is 15.9 Å². The van der Waals surface area contributed by atoms with Crippen LogP contribution in [0, 0.1) is 0 Å². The maximum Gasteiger partial charge on any atom is 0.241 e. The summed E-state index contributed by atoms with van der Waals surface area (Å²) in [6.45, 7) is 4.69. The first-order chi connectivity index (χ1) is 17.1. The summed E-state index contributed by atoms with van der Waals surface area (Å²) in [4.78, 5) is 19.0. The van der Waals surface area contributed by atoms with Gasteiger partial charge >= 0.3 is 0 Å². The monoisotopic (exact) mass is 515 g/mol. The van der Waals surface area contributed by atoms with Crippen molar-refractivity contribution >= 4 is 21.9 Å². The van der Waals surface area contributed by atoms with Crippen molar-refractivity contribution in [1.29, 1.82) is 0 Å². The van der Waals surface area contributed by atoms with E-state index in [2.05, 4.69) is 9.71 Å². The number of amides is 1. The number of guanidine groups is 1. The zero-order valence-electron chi connectivity index (χ0n) is 20.9. The van der Waals surface area contributed by atoms with Crippen molar-refractivity contribution in [3.8, 4) is 0 Å². The van der Waals surface area contributed by atoms with Crippen molar-refractivity contribution in [3.63, 3.8) is 0 Å². The van der Waals surface area contributed by atoms with Gasteiger partial charge in [0, 0.05) is 18.5 Å². The molecule has 1 heterocycles. The lowest BCUT2D eigenvalue weighted by atomic mass is 9.78. The van der Waals surface area contributed by atoms with Crippen LogP contribution < -0.4 is 16.2 Å². The number of carbonyl (C=O) groups is 1. The minimum Gasteiger partial charge on any atom is -0.394 e. The van der Waals surface area contributed by atoms with Gasteiger partial charge in [-0.05, 0) is 48.9 Å². The molecule has 1 aliphatic rings. The van der Waals surface area contributed by atoms with Crippen LogP contribution in [-0.4, -0.2) is 62.1 Å². The van der Waals surface area contributed by atoms with Crippen molar-refractivity contribution in [2.24, 2.45) is 16.5 Å². The number of nitrogens with one attached hydrogen (secondary N) is 1. The zero-order chi connectivity index (χ0) is 26.3. The second-order valence-electron chi connectivity index (χ2n) is 9.65. The van der Waals surface area contributed by atoms with E-state index >= 15 is 0 Å². The van der Waals surface area contributed by atoms with Gasteiger partial charge in [0.15, 0.2) is 5.96 Å². The molecule has 0 bridgehead atoms. The second-order valence-corrected chi connectivity index (χ2v) is 11.4. The molecule has 2 aromatic rings. The fourth-order valence-corrected chi connectivity index (χ4v) is 5.85. The number of rotatable bonds is 11. The van der Waals surface area contributed by atoms with Gasteiger partial charge in [0.05, 0.1) is 17.5 Å². The molecule has 2 atom stereocenters. The number of benzene rings is 2. The molecule has 6 N–H and O–H groups in total. The Morgan fingerprint density at radius 3 is 2.53 bits per heavy atom. The van der Waals surface area contributed by atoms with Crippen LogP contribution in [0.4, 0.5) is 0 Å². The molecule has 1 aliphatic heterocycles. The van der Waals surface area contributed by atoms with Crippen molar-refractivity contribution in [2.75, 3.05) is 19.7 Å². The van der Waals surface area contributed by atoms with Crippen LogP contribution in [0.1, 0.15) is 50.7 Å². The van der Waals surface area contributed by atoms with E-state index in [4.69, 9.17) is 11.5 Å². The molecule has 0 aromatic heterocycles. The van der Waals surface area contributed by atoms with Crippen LogP contribution in [0.5, 0.6) is 0 Å². The van der Waals surface area contributed by atoms with Crippen molar-refractivity contribution < 1.29 is 18.3 Å². The minimum atomic E-state index is -4.02. The lowest BCUT2D eigenvalue weighted by molar-refractivity contribution is -0.134. The number of hydrogen-bond donors (Lipinski definition) is 4. The largest absolute Gasteiger partial charge is 0.394 e. The van der Waals surface area contributed by atoms with E-state index < -0.39 is 21.5 Å². The molecule has 9 nitrogen and oxygen atoms in total. The molecule has 1 fully saturated rings. The van der Waals surface area contributed by atoms with Gasteiger partial charge in [-0.15, -0.1) is 0 Å². The topological polar surface area (TPSA) is 151 Å². The van der Waals surface area contributed by atoms with Crippen LogP contribution in [0.15, 0.2) is 64.5 Å². The summed E-state index contributed by atoms with van der Waals surface area (Å²) < 4.78 is 29.6. The molecule has 10 heteroatoms. The van der Waals surface area contributed by atoms with Gasteiger partial charge in [-0.1, -0.05) is 56.3 Å². The molecule has 0 aliphatic carbocycles. The highest BCUT2D eigenvalue weighted by Crippen LogP contribution is 2.32. The molecule has 1 amide bonds. The Bertz CT molecular complexity index is 1160. The Morgan fingerprint density at radius 2 is 1.86 bits per heavy atom. The van der Waals surface area contributed by atoms with E-state index in [0.717, 1.165) is 17.5 Å². The van der Waals surface area contributed by atoms with Crippen LogP contribution in [0.3, 0.4) is 0 Å². The van der Waals surface area contributed by atoms with Crippen LogP contribution in [0.2, 0.25) is 0 Å². The predicted octanol–water partition coefficient (Wildman–Crippen LogP) is 1.70. The highest BCUT2D eigenvalue weighted by molar-refractivity contribution is 7.89. The Balaban J connectivity index is 1.86.